The molecule has 0 aromatic heterocycles. The summed E-state index contributed by atoms with van der Waals surface area (Å²) < 4.78 is 5.52. The molecule has 76 valence electrons. The van der Waals surface area contributed by atoms with Crippen molar-refractivity contribution >= 4 is 0 Å². The third-order valence-corrected chi connectivity index (χ3v) is 2.84. The van der Waals surface area contributed by atoms with Gasteiger partial charge in [0.15, 0.2) is 0 Å². The van der Waals surface area contributed by atoms with Crippen molar-refractivity contribution in [3.05, 3.63) is 12.8 Å². The summed E-state index contributed by atoms with van der Waals surface area (Å²) in [5.74, 6) is 0. The first kappa shape index (κ1) is 10.6. The van der Waals surface area contributed by atoms with Crippen LogP contribution in [0, 0.1) is 0 Å². The molecule has 0 unspecified atom stereocenters. The zero-order chi connectivity index (χ0) is 9.52. The Labute approximate surface area is 81.4 Å². The molecular formula is C11H21NO. The first-order chi connectivity index (χ1) is 6.38. The number of ether oxygens (including phenoxy) is 1. The predicted octanol–water partition coefficient (Wildman–Crippen LogP) is 2.46. The Bertz CT molecular complexity index is 147. The Balaban J connectivity index is 2.44. The quantitative estimate of drug-likeness (QED) is 0.679. The molecule has 0 bridgehead atoms. The molecule has 1 N–H and O–H groups in total. The summed E-state index contributed by atoms with van der Waals surface area (Å²) >= 11 is 0. The fourth-order valence-corrected chi connectivity index (χ4v) is 2.07. The molecule has 0 saturated heterocycles. The van der Waals surface area contributed by atoms with Gasteiger partial charge in [-0.25, -0.2) is 0 Å². The van der Waals surface area contributed by atoms with Crippen molar-refractivity contribution in [3.8, 4) is 0 Å². The monoisotopic (exact) mass is 183 g/mol. The van der Waals surface area contributed by atoms with Gasteiger partial charge >= 0.3 is 0 Å². The normalized spacial score (nSPS) is 30.2. The van der Waals surface area contributed by atoms with E-state index in [1.165, 1.54) is 32.1 Å². The molecular weight excluding hydrogens is 162 g/mol. The van der Waals surface area contributed by atoms with Gasteiger partial charge in [-0.2, -0.15) is 0 Å². The van der Waals surface area contributed by atoms with Crippen LogP contribution < -0.4 is 5.32 Å². The third kappa shape index (κ3) is 3.39. The van der Waals surface area contributed by atoms with Crippen LogP contribution in [0.4, 0.5) is 0 Å². The van der Waals surface area contributed by atoms with Gasteiger partial charge in [0.25, 0.3) is 0 Å². The summed E-state index contributed by atoms with van der Waals surface area (Å²) in [5.41, 5.74) is 0. The van der Waals surface area contributed by atoms with Crippen LogP contribution in [0.15, 0.2) is 12.8 Å². The lowest BCUT2D eigenvalue weighted by Gasteiger charge is -2.28. The van der Waals surface area contributed by atoms with Gasteiger partial charge in [-0.15, -0.1) is 0 Å². The van der Waals surface area contributed by atoms with Crippen molar-refractivity contribution in [3.63, 3.8) is 0 Å². The van der Waals surface area contributed by atoms with Gasteiger partial charge in [0.2, 0.25) is 0 Å². The Kier molecular flexibility index (Phi) is 4.91. The van der Waals surface area contributed by atoms with E-state index in [1.807, 2.05) is 7.05 Å². The molecule has 0 aliphatic heterocycles. The molecule has 13 heavy (non-hydrogen) atoms. The average molecular weight is 183 g/mol. The summed E-state index contributed by atoms with van der Waals surface area (Å²) in [6.07, 6.45) is 9.65. The average Bonchev–Trinajstić information content (AvgIpc) is 2.10. The maximum Gasteiger partial charge on any atom is 0.113 e. The van der Waals surface area contributed by atoms with Crippen molar-refractivity contribution in [1.29, 1.82) is 0 Å². The van der Waals surface area contributed by atoms with E-state index in [4.69, 9.17) is 4.74 Å². The minimum atomic E-state index is 0.336. The third-order valence-electron chi connectivity index (χ3n) is 2.84. The minimum Gasteiger partial charge on any atom is -0.497 e. The first-order valence-corrected chi connectivity index (χ1v) is 5.32. The van der Waals surface area contributed by atoms with Gasteiger partial charge < -0.3 is 10.1 Å². The van der Waals surface area contributed by atoms with Crippen LogP contribution in [-0.4, -0.2) is 19.2 Å². The van der Waals surface area contributed by atoms with Crippen molar-refractivity contribution in [1.82, 2.24) is 5.32 Å². The maximum absolute atomic E-state index is 5.52. The molecule has 0 radical (unpaired) electrons. The minimum absolute atomic E-state index is 0.336. The van der Waals surface area contributed by atoms with E-state index in [1.54, 1.807) is 6.26 Å². The highest BCUT2D eigenvalue weighted by atomic mass is 16.5. The van der Waals surface area contributed by atoms with Gasteiger partial charge in [0, 0.05) is 6.04 Å². The first-order valence-electron chi connectivity index (χ1n) is 5.32. The van der Waals surface area contributed by atoms with E-state index in [0.29, 0.717) is 12.1 Å². The number of nitrogens with one attached hydrogen (secondary N) is 1. The van der Waals surface area contributed by atoms with Crippen LogP contribution in [0.3, 0.4) is 0 Å². The van der Waals surface area contributed by atoms with Crippen molar-refractivity contribution in [2.45, 2.75) is 50.7 Å². The molecule has 1 saturated carbocycles. The van der Waals surface area contributed by atoms with Crippen molar-refractivity contribution in [2.24, 2.45) is 0 Å². The molecule has 0 spiro atoms. The number of hydrogen-bond donors (Lipinski definition) is 1. The highest BCUT2D eigenvalue weighted by Gasteiger charge is 2.21. The second-order valence-corrected chi connectivity index (χ2v) is 3.73. The molecule has 0 amide bonds. The maximum atomic E-state index is 5.52. The molecule has 1 aliphatic carbocycles. The van der Waals surface area contributed by atoms with E-state index in [2.05, 4.69) is 11.9 Å². The molecule has 1 fully saturated rings. The van der Waals surface area contributed by atoms with Gasteiger partial charge in [-0.3, -0.25) is 0 Å². The zero-order valence-corrected chi connectivity index (χ0v) is 8.59. The van der Waals surface area contributed by atoms with Crippen LogP contribution in [0.25, 0.3) is 0 Å². The summed E-state index contributed by atoms with van der Waals surface area (Å²) in [6.45, 7) is 3.63. The fraction of sp³-hybridized carbons (Fsp3) is 0.818. The summed E-state index contributed by atoms with van der Waals surface area (Å²) in [7, 11) is 2.02. The highest BCUT2D eigenvalue weighted by molar-refractivity contribution is 4.79. The van der Waals surface area contributed by atoms with Crippen molar-refractivity contribution < 1.29 is 4.74 Å². The van der Waals surface area contributed by atoms with Crippen LogP contribution >= 0.6 is 0 Å². The molecule has 2 atom stereocenters. The second kappa shape index (κ2) is 6.03. The van der Waals surface area contributed by atoms with Crippen LogP contribution in [0.2, 0.25) is 0 Å². The lowest BCUT2D eigenvalue weighted by atomic mass is 9.94. The van der Waals surface area contributed by atoms with Crippen LogP contribution in [0.5, 0.6) is 0 Å². The molecule has 1 rings (SSSR count). The molecule has 1 aliphatic rings. The van der Waals surface area contributed by atoms with Gasteiger partial charge in [0.1, 0.15) is 6.10 Å². The van der Waals surface area contributed by atoms with Gasteiger partial charge in [-0.05, 0) is 26.3 Å². The standard InChI is InChI=1S/C11H21NO/c1-3-13-11-9-7-5-4-6-8-10(11)12-2/h3,10-12H,1,4-9H2,2H3/t10-,11-/m1/s1. The Morgan fingerprint density at radius 1 is 1.23 bits per heavy atom. The highest BCUT2D eigenvalue weighted by Crippen LogP contribution is 2.19. The molecule has 0 heterocycles. The van der Waals surface area contributed by atoms with E-state index < -0.39 is 0 Å². The van der Waals surface area contributed by atoms with Gasteiger partial charge in [0.05, 0.1) is 6.26 Å². The Morgan fingerprint density at radius 2 is 1.92 bits per heavy atom. The SMILES string of the molecule is C=CO[C@@H]1CCCCCC[C@H]1NC. The largest absolute Gasteiger partial charge is 0.497 e. The smallest absolute Gasteiger partial charge is 0.113 e. The van der Waals surface area contributed by atoms with E-state index >= 15 is 0 Å². The number of rotatable bonds is 3. The summed E-state index contributed by atoms with van der Waals surface area (Å²) in [6, 6.07) is 0.512. The van der Waals surface area contributed by atoms with Gasteiger partial charge in [-0.1, -0.05) is 25.8 Å². The summed E-state index contributed by atoms with van der Waals surface area (Å²) in [5, 5.41) is 3.33. The lowest BCUT2D eigenvalue weighted by molar-refractivity contribution is 0.0871. The predicted molar refractivity (Wildman–Crippen MR) is 55.6 cm³/mol. The van der Waals surface area contributed by atoms with E-state index in [-0.39, 0.29) is 0 Å². The lowest BCUT2D eigenvalue weighted by Crippen LogP contribution is -2.39. The number of hydrogen-bond acceptors (Lipinski definition) is 2. The molecule has 0 aromatic carbocycles. The summed E-state index contributed by atoms with van der Waals surface area (Å²) in [4.78, 5) is 0. The molecule has 2 nitrogen and oxygen atoms in total. The van der Waals surface area contributed by atoms with Crippen LogP contribution in [-0.2, 0) is 4.74 Å². The fourth-order valence-electron chi connectivity index (χ4n) is 2.07. The van der Waals surface area contributed by atoms with E-state index in [0.717, 1.165) is 6.42 Å². The topological polar surface area (TPSA) is 21.3 Å². The molecule has 2 heteroatoms. The van der Waals surface area contributed by atoms with Crippen LogP contribution in [0.1, 0.15) is 38.5 Å². The Morgan fingerprint density at radius 3 is 2.54 bits per heavy atom. The van der Waals surface area contributed by atoms with E-state index in [9.17, 15) is 0 Å². The Hall–Kier alpha value is -0.500. The second-order valence-electron chi connectivity index (χ2n) is 3.73. The molecule has 0 aromatic rings. The zero-order valence-electron chi connectivity index (χ0n) is 8.59. The number of likely N-dealkylation sites (N-methyl/N-ethyl adjacent to an activating group) is 1. The van der Waals surface area contributed by atoms with Crippen molar-refractivity contribution in [2.75, 3.05) is 7.05 Å².